The molecule has 1 aliphatic rings. The Morgan fingerprint density at radius 3 is 2.73 bits per heavy atom. The first-order valence-electron chi connectivity index (χ1n) is 8.70. The van der Waals surface area contributed by atoms with E-state index in [1.807, 2.05) is 0 Å². The first-order chi connectivity index (χ1) is 14.3. The van der Waals surface area contributed by atoms with Crippen LogP contribution in [0.25, 0.3) is 11.3 Å². The number of benzene rings is 2. The lowest BCUT2D eigenvalue weighted by Gasteiger charge is -2.15. The number of halogens is 3. The quantitative estimate of drug-likeness (QED) is 0.587. The Labute approximate surface area is 176 Å². The number of nitrogens with zero attached hydrogens (tertiary/aromatic N) is 1. The molecule has 4 bridgehead atoms. The molecule has 0 atom stereocenters. The predicted octanol–water partition coefficient (Wildman–Crippen LogP) is 4.52. The molecular formula is C20H15ClF2N2O4S. The van der Waals surface area contributed by atoms with Crippen LogP contribution >= 0.6 is 11.6 Å². The van der Waals surface area contributed by atoms with Gasteiger partial charge in [0.1, 0.15) is 16.5 Å². The Bertz CT molecular complexity index is 1250. The van der Waals surface area contributed by atoms with Crippen molar-refractivity contribution in [1.82, 2.24) is 4.98 Å². The van der Waals surface area contributed by atoms with Crippen molar-refractivity contribution in [3.63, 3.8) is 0 Å². The molecule has 1 aliphatic heterocycles. The normalized spacial score (nSPS) is 15.1. The predicted molar refractivity (Wildman–Crippen MR) is 107 cm³/mol. The minimum absolute atomic E-state index is 0.0228. The minimum Gasteiger partial charge on any atom is -0.494 e. The number of pyridine rings is 1. The average molecular weight is 453 g/mol. The highest BCUT2D eigenvalue weighted by molar-refractivity contribution is 7.92. The summed E-state index contributed by atoms with van der Waals surface area (Å²) in [5.41, 5.74) is 0.730. The second-order valence-electron chi connectivity index (χ2n) is 6.53. The van der Waals surface area contributed by atoms with Crippen molar-refractivity contribution < 1.29 is 26.7 Å². The molecule has 0 spiro atoms. The number of rotatable bonds is 1. The van der Waals surface area contributed by atoms with Gasteiger partial charge in [0.2, 0.25) is 0 Å². The Kier molecular flexibility index (Phi) is 5.35. The number of fused-ring (bicyclic) bond motifs is 6. The summed E-state index contributed by atoms with van der Waals surface area (Å²) in [4.78, 5) is 3.88. The Morgan fingerprint density at radius 1 is 1.17 bits per heavy atom. The smallest absolute Gasteiger partial charge is 0.265 e. The number of hydrogen-bond acceptors (Lipinski definition) is 5. The number of aromatic nitrogens is 1. The fourth-order valence-electron chi connectivity index (χ4n) is 3.19. The maximum absolute atomic E-state index is 14.6. The molecule has 6 nitrogen and oxygen atoms in total. The van der Waals surface area contributed by atoms with E-state index in [-0.39, 0.29) is 40.1 Å². The SMILES string of the molecule is COc1c(Cl)cc2cc1S(=O)(=O)Nc1cc(c(F)cc1F)-c1ncccc1COC2. The molecule has 0 saturated heterocycles. The summed E-state index contributed by atoms with van der Waals surface area (Å²) in [6, 6.07) is 7.87. The molecule has 3 aromatic rings. The molecule has 0 amide bonds. The number of anilines is 1. The van der Waals surface area contributed by atoms with Gasteiger partial charge in [0.15, 0.2) is 5.75 Å². The zero-order valence-corrected chi connectivity index (χ0v) is 17.2. The van der Waals surface area contributed by atoms with Gasteiger partial charge in [-0.2, -0.15) is 0 Å². The van der Waals surface area contributed by atoms with Crippen LogP contribution in [0, 0.1) is 11.6 Å². The van der Waals surface area contributed by atoms with Gasteiger partial charge in [0.05, 0.1) is 36.7 Å². The van der Waals surface area contributed by atoms with Gasteiger partial charge < -0.3 is 9.47 Å². The number of methoxy groups -OCH3 is 1. The van der Waals surface area contributed by atoms with Crippen LogP contribution in [0.5, 0.6) is 5.75 Å². The summed E-state index contributed by atoms with van der Waals surface area (Å²) < 4.78 is 68.1. The summed E-state index contributed by atoms with van der Waals surface area (Å²) in [5.74, 6) is -2.06. The third-order valence-electron chi connectivity index (χ3n) is 4.54. The lowest BCUT2D eigenvalue weighted by Crippen LogP contribution is -2.16. The number of sulfonamides is 1. The fourth-order valence-corrected chi connectivity index (χ4v) is 4.86. The monoisotopic (exact) mass is 452 g/mol. The number of ether oxygens (including phenoxy) is 2. The molecular weight excluding hydrogens is 438 g/mol. The van der Waals surface area contributed by atoms with Crippen molar-refractivity contribution in [3.05, 3.63) is 70.4 Å². The zero-order chi connectivity index (χ0) is 21.5. The summed E-state index contributed by atoms with van der Waals surface area (Å²) in [5, 5.41) is 0.0520. The molecule has 156 valence electrons. The summed E-state index contributed by atoms with van der Waals surface area (Å²) in [6.45, 7) is 0.0868. The lowest BCUT2D eigenvalue weighted by molar-refractivity contribution is 0.107. The summed E-state index contributed by atoms with van der Waals surface area (Å²) >= 11 is 6.19. The second kappa shape index (κ2) is 7.82. The van der Waals surface area contributed by atoms with Crippen molar-refractivity contribution in [2.24, 2.45) is 0 Å². The third kappa shape index (κ3) is 3.71. The van der Waals surface area contributed by atoms with E-state index in [0.717, 1.165) is 6.07 Å². The van der Waals surface area contributed by atoms with E-state index in [1.54, 1.807) is 12.1 Å². The lowest BCUT2D eigenvalue weighted by atomic mass is 10.0. The zero-order valence-electron chi connectivity index (χ0n) is 15.6. The van der Waals surface area contributed by atoms with Crippen LogP contribution in [0.2, 0.25) is 5.02 Å². The van der Waals surface area contributed by atoms with Crippen LogP contribution in [-0.2, 0) is 28.0 Å². The van der Waals surface area contributed by atoms with Crippen LogP contribution in [-0.4, -0.2) is 20.5 Å². The molecule has 4 rings (SSSR count). The molecule has 2 aromatic carbocycles. The Morgan fingerprint density at radius 2 is 1.97 bits per heavy atom. The first-order valence-corrected chi connectivity index (χ1v) is 10.6. The third-order valence-corrected chi connectivity index (χ3v) is 6.19. The highest BCUT2D eigenvalue weighted by Crippen LogP contribution is 2.37. The van der Waals surface area contributed by atoms with Gasteiger partial charge in [-0.05, 0) is 29.8 Å². The van der Waals surface area contributed by atoms with Crippen LogP contribution in [0.3, 0.4) is 0 Å². The van der Waals surface area contributed by atoms with E-state index in [2.05, 4.69) is 9.71 Å². The fraction of sp³-hybridized carbons (Fsp3) is 0.150. The van der Waals surface area contributed by atoms with Gasteiger partial charge in [-0.15, -0.1) is 0 Å². The Balaban J connectivity index is 1.97. The van der Waals surface area contributed by atoms with Crippen molar-refractivity contribution >= 4 is 27.3 Å². The Hall–Kier alpha value is -2.75. The van der Waals surface area contributed by atoms with E-state index < -0.39 is 27.3 Å². The molecule has 0 radical (unpaired) electrons. The molecule has 0 aliphatic carbocycles. The van der Waals surface area contributed by atoms with Gasteiger partial charge in [-0.3, -0.25) is 9.71 Å². The van der Waals surface area contributed by atoms with Gasteiger partial charge in [0, 0.05) is 23.4 Å². The van der Waals surface area contributed by atoms with Gasteiger partial charge in [-0.1, -0.05) is 17.7 Å². The largest absolute Gasteiger partial charge is 0.494 e. The van der Waals surface area contributed by atoms with E-state index in [0.29, 0.717) is 17.2 Å². The summed E-state index contributed by atoms with van der Waals surface area (Å²) in [7, 11) is -3.07. The molecule has 0 unspecified atom stereocenters. The molecule has 1 aromatic heterocycles. The topological polar surface area (TPSA) is 77.5 Å². The van der Waals surface area contributed by atoms with Crippen LogP contribution in [0.4, 0.5) is 14.5 Å². The van der Waals surface area contributed by atoms with E-state index >= 15 is 0 Å². The van der Waals surface area contributed by atoms with Crippen LogP contribution in [0.15, 0.2) is 47.5 Å². The highest BCUT2D eigenvalue weighted by Gasteiger charge is 2.26. The van der Waals surface area contributed by atoms with Crippen molar-refractivity contribution in [3.8, 4) is 17.0 Å². The molecule has 0 saturated carbocycles. The minimum atomic E-state index is -4.33. The van der Waals surface area contributed by atoms with E-state index in [4.69, 9.17) is 21.1 Å². The van der Waals surface area contributed by atoms with Gasteiger partial charge in [0.25, 0.3) is 10.0 Å². The van der Waals surface area contributed by atoms with E-state index in [1.165, 1.54) is 25.4 Å². The molecule has 30 heavy (non-hydrogen) atoms. The van der Waals surface area contributed by atoms with Crippen molar-refractivity contribution in [2.45, 2.75) is 18.1 Å². The maximum Gasteiger partial charge on any atom is 0.265 e. The highest BCUT2D eigenvalue weighted by atomic mass is 35.5. The average Bonchev–Trinajstić information content (AvgIpc) is 2.70. The van der Waals surface area contributed by atoms with Crippen LogP contribution in [0.1, 0.15) is 11.1 Å². The molecule has 0 fully saturated rings. The van der Waals surface area contributed by atoms with Crippen molar-refractivity contribution in [1.29, 1.82) is 0 Å². The second-order valence-corrected chi connectivity index (χ2v) is 8.59. The summed E-state index contributed by atoms with van der Waals surface area (Å²) in [6.07, 6.45) is 1.46. The number of hydrogen-bond donors (Lipinski definition) is 1. The first kappa shape index (κ1) is 20.5. The van der Waals surface area contributed by atoms with Crippen molar-refractivity contribution in [2.75, 3.05) is 11.8 Å². The molecule has 10 heteroatoms. The molecule has 2 heterocycles. The van der Waals surface area contributed by atoms with Gasteiger partial charge in [-0.25, -0.2) is 17.2 Å². The maximum atomic E-state index is 14.6. The standard InChI is InChI=1S/C20H15ClF2N2O4S/c1-28-20-14(21)5-11-6-18(20)30(26,27)25-17-7-13(15(22)8-16(17)23)19-12(10-29-9-11)3-2-4-24-19/h2-8,25H,9-10H2,1H3. The molecule has 1 N–H and O–H groups in total. The van der Waals surface area contributed by atoms with E-state index in [9.17, 15) is 17.2 Å². The number of nitrogens with one attached hydrogen (secondary N) is 1. The van der Waals surface area contributed by atoms with Crippen LogP contribution < -0.4 is 9.46 Å². The van der Waals surface area contributed by atoms with Gasteiger partial charge >= 0.3 is 0 Å².